The number of hydrogen-bond acceptors (Lipinski definition) is 5. The van der Waals surface area contributed by atoms with Crippen LogP contribution in [0.5, 0.6) is 17.2 Å². The molecule has 0 aliphatic carbocycles. The Hall–Kier alpha value is -3.22. The molecule has 1 heterocycles. The molecule has 0 aromatic heterocycles. The summed E-state index contributed by atoms with van der Waals surface area (Å²) in [5.41, 5.74) is 2.35. The second kappa shape index (κ2) is 9.32. The summed E-state index contributed by atoms with van der Waals surface area (Å²) < 4.78 is 16.0. The zero-order valence-electron chi connectivity index (χ0n) is 17.0. The smallest absolute Gasteiger partial charge is 0.251 e. The molecule has 1 aliphatic rings. The van der Waals surface area contributed by atoms with Crippen molar-refractivity contribution < 1.29 is 23.8 Å². The molecule has 0 radical (unpaired) electrons. The zero-order valence-corrected chi connectivity index (χ0v) is 17.0. The third-order valence-electron chi connectivity index (χ3n) is 4.99. The van der Waals surface area contributed by atoms with Gasteiger partial charge in [-0.05, 0) is 30.2 Å². The van der Waals surface area contributed by atoms with Gasteiger partial charge in [0, 0.05) is 43.2 Å². The van der Waals surface area contributed by atoms with Gasteiger partial charge in [0.1, 0.15) is 5.75 Å². The zero-order chi connectivity index (χ0) is 20.8. The number of likely N-dealkylation sites (tertiary alicyclic amines) is 1. The number of ether oxygens (including phenoxy) is 3. The maximum absolute atomic E-state index is 12.5. The first-order chi connectivity index (χ1) is 14.0. The maximum atomic E-state index is 12.5. The number of nitrogens with zero attached hydrogens (tertiary/aromatic N) is 1. The van der Waals surface area contributed by atoms with Crippen molar-refractivity contribution >= 4 is 11.8 Å². The Morgan fingerprint density at radius 3 is 2.24 bits per heavy atom. The van der Waals surface area contributed by atoms with Crippen LogP contribution in [-0.4, -0.2) is 44.6 Å². The van der Waals surface area contributed by atoms with Gasteiger partial charge in [0.25, 0.3) is 5.91 Å². The van der Waals surface area contributed by atoms with E-state index in [1.165, 1.54) is 0 Å². The summed E-state index contributed by atoms with van der Waals surface area (Å²) in [5, 5.41) is 2.90. The molecule has 7 nitrogen and oxygen atoms in total. The predicted molar refractivity (Wildman–Crippen MR) is 108 cm³/mol. The molecule has 29 heavy (non-hydrogen) atoms. The number of methoxy groups -OCH3 is 3. The summed E-state index contributed by atoms with van der Waals surface area (Å²) in [6, 6.07) is 10.8. The molecule has 1 aliphatic heterocycles. The molecule has 0 atom stereocenters. The van der Waals surface area contributed by atoms with Gasteiger partial charge in [-0.3, -0.25) is 9.59 Å². The Labute approximate surface area is 170 Å². The summed E-state index contributed by atoms with van der Waals surface area (Å²) in [5.74, 6) is 1.74. The molecule has 1 N–H and O–H groups in total. The summed E-state index contributed by atoms with van der Waals surface area (Å²) in [6.45, 7) is 1.67. The van der Waals surface area contributed by atoms with Crippen molar-refractivity contribution in [2.45, 2.75) is 25.9 Å². The van der Waals surface area contributed by atoms with E-state index in [1.807, 2.05) is 17.0 Å². The van der Waals surface area contributed by atoms with Crippen molar-refractivity contribution in [3.05, 3.63) is 53.1 Å². The van der Waals surface area contributed by atoms with E-state index in [2.05, 4.69) is 5.32 Å². The molecule has 0 bridgehead atoms. The predicted octanol–water partition coefficient (Wildman–Crippen LogP) is 2.76. The third kappa shape index (κ3) is 4.80. The van der Waals surface area contributed by atoms with Crippen LogP contribution in [-0.2, 0) is 17.9 Å². The molecular formula is C22H26N2O5. The van der Waals surface area contributed by atoms with Crippen LogP contribution in [0.25, 0.3) is 0 Å². The third-order valence-corrected chi connectivity index (χ3v) is 4.99. The van der Waals surface area contributed by atoms with Gasteiger partial charge in [-0.2, -0.15) is 0 Å². The maximum Gasteiger partial charge on any atom is 0.251 e. The summed E-state index contributed by atoms with van der Waals surface area (Å²) in [4.78, 5) is 26.1. The molecule has 2 amide bonds. The van der Waals surface area contributed by atoms with E-state index < -0.39 is 0 Å². The minimum Gasteiger partial charge on any atom is -0.496 e. The molecule has 1 saturated heterocycles. The summed E-state index contributed by atoms with van der Waals surface area (Å²) in [6.07, 6.45) is 1.54. The van der Waals surface area contributed by atoms with E-state index >= 15 is 0 Å². The van der Waals surface area contributed by atoms with E-state index in [0.717, 1.165) is 24.1 Å². The molecule has 0 saturated carbocycles. The van der Waals surface area contributed by atoms with Crippen molar-refractivity contribution in [3.8, 4) is 17.2 Å². The fraction of sp³-hybridized carbons (Fsp3) is 0.364. The SMILES string of the molecule is COc1cc(OC)c(OC)cc1CNC(=O)c1ccc(CN2CCCC2=O)cc1. The Morgan fingerprint density at radius 1 is 1.00 bits per heavy atom. The monoisotopic (exact) mass is 398 g/mol. The molecule has 2 aromatic rings. The van der Waals surface area contributed by atoms with Crippen LogP contribution in [0.15, 0.2) is 36.4 Å². The number of carbonyl (C=O) groups is 2. The van der Waals surface area contributed by atoms with Gasteiger partial charge in [-0.15, -0.1) is 0 Å². The highest BCUT2D eigenvalue weighted by Gasteiger charge is 2.20. The lowest BCUT2D eigenvalue weighted by atomic mass is 10.1. The highest BCUT2D eigenvalue weighted by atomic mass is 16.5. The summed E-state index contributed by atoms with van der Waals surface area (Å²) >= 11 is 0. The van der Waals surface area contributed by atoms with E-state index in [0.29, 0.717) is 35.8 Å². The van der Waals surface area contributed by atoms with Crippen LogP contribution in [0.4, 0.5) is 0 Å². The minimum atomic E-state index is -0.189. The summed E-state index contributed by atoms with van der Waals surface area (Å²) in [7, 11) is 4.68. The second-order valence-corrected chi connectivity index (χ2v) is 6.82. The lowest BCUT2D eigenvalue weighted by Gasteiger charge is -2.16. The average molecular weight is 398 g/mol. The van der Waals surface area contributed by atoms with Crippen molar-refractivity contribution in [2.75, 3.05) is 27.9 Å². The molecule has 3 rings (SSSR count). The Morgan fingerprint density at radius 2 is 1.66 bits per heavy atom. The van der Waals surface area contributed by atoms with Crippen LogP contribution < -0.4 is 19.5 Å². The number of carbonyl (C=O) groups excluding carboxylic acids is 2. The number of amides is 2. The Bertz CT molecular complexity index is 880. The number of benzene rings is 2. The first kappa shape index (κ1) is 20.5. The molecule has 2 aromatic carbocycles. The normalized spacial score (nSPS) is 13.3. The lowest BCUT2D eigenvalue weighted by molar-refractivity contribution is -0.128. The first-order valence-corrected chi connectivity index (χ1v) is 9.49. The average Bonchev–Trinajstić information content (AvgIpc) is 3.16. The quantitative estimate of drug-likeness (QED) is 0.740. The topological polar surface area (TPSA) is 77.1 Å². The van der Waals surface area contributed by atoms with Gasteiger partial charge in [-0.25, -0.2) is 0 Å². The van der Waals surface area contributed by atoms with Gasteiger partial charge in [0.05, 0.1) is 21.3 Å². The molecule has 0 unspecified atom stereocenters. The van der Waals surface area contributed by atoms with Gasteiger partial charge in [-0.1, -0.05) is 12.1 Å². The van der Waals surface area contributed by atoms with Crippen molar-refractivity contribution in [1.82, 2.24) is 10.2 Å². The van der Waals surface area contributed by atoms with Crippen LogP contribution in [0.3, 0.4) is 0 Å². The first-order valence-electron chi connectivity index (χ1n) is 9.49. The molecular weight excluding hydrogens is 372 g/mol. The molecule has 1 fully saturated rings. The van der Waals surface area contributed by atoms with Crippen LogP contribution in [0.1, 0.15) is 34.3 Å². The van der Waals surface area contributed by atoms with Crippen LogP contribution in [0, 0.1) is 0 Å². The number of hydrogen-bond donors (Lipinski definition) is 1. The Kier molecular flexibility index (Phi) is 6.59. The molecule has 7 heteroatoms. The second-order valence-electron chi connectivity index (χ2n) is 6.82. The Balaban J connectivity index is 1.64. The lowest BCUT2D eigenvalue weighted by Crippen LogP contribution is -2.24. The highest BCUT2D eigenvalue weighted by Crippen LogP contribution is 2.34. The molecule has 154 valence electrons. The van der Waals surface area contributed by atoms with E-state index in [1.54, 1.807) is 45.6 Å². The van der Waals surface area contributed by atoms with Gasteiger partial charge in [0.15, 0.2) is 11.5 Å². The minimum absolute atomic E-state index is 0.189. The van der Waals surface area contributed by atoms with Gasteiger partial charge < -0.3 is 24.4 Å². The number of rotatable bonds is 8. The van der Waals surface area contributed by atoms with Crippen LogP contribution >= 0.6 is 0 Å². The van der Waals surface area contributed by atoms with Crippen molar-refractivity contribution in [1.29, 1.82) is 0 Å². The van der Waals surface area contributed by atoms with E-state index in [-0.39, 0.29) is 18.4 Å². The number of nitrogens with one attached hydrogen (secondary N) is 1. The fourth-order valence-electron chi connectivity index (χ4n) is 3.36. The van der Waals surface area contributed by atoms with Gasteiger partial charge in [0.2, 0.25) is 5.91 Å². The van der Waals surface area contributed by atoms with E-state index in [4.69, 9.17) is 14.2 Å². The fourth-order valence-corrected chi connectivity index (χ4v) is 3.36. The molecule has 0 spiro atoms. The van der Waals surface area contributed by atoms with Crippen molar-refractivity contribution in [2.24, 2.45) is 0 Å². The largest absolute Gasteiger partial charge is 0.496 e. The van der Waals surface area contributed by atoms with Gasteiger partial charge >= 0.3 is 0 Å². The van der Waals surface area contributed by atoms with E-state index in [9.17, 15) is 9.59 Å². The highest BCUT2D eigenvalue weighted by molar-refractivity contribution is 5.94. The standard InChI is InChI=1S/C22H26N2O5/c1-27-18-12-20(29-3)19(28-2)11-17(18)13-23-22(26)16-8-6-15(7-9-16)14-24-10-4-5-21(24)25/h6-9,11-12H,4-5,10,13-14H2,1-3H3,(H,23,26). The van der Waals surface area contributed by atoms with Crippen LogP contribution in [0.2, 0.25) is 0 Å². The van der Waals surface area contributed by atoms with Crippen molar-refractivity contribution in [3.63, 3.8) is 0 Å².